The van der Waals surface area contributed by atoms with Gasteiger partial charge >= 0.3 is 0 Å². The average Bonchev–Trinajstić information content (AvgIpc) is 2.16. The molecule has 1 aliphatic heterocycles. The summed E-state index contributed by atoms with van der Waals surface area (Å²) in [5.74, 6) is 0.832. The summed E-state index contributed by atoms with van der Waals surface area (Å²) in [6, 6.07) is 1.20. The van der Waals surface area contributed by atoms with Gasteiger partial charge in [0.2, 0.25) is 0 Å². The van der Waals surface area contributed by atoms with Gasteiger partial charge in [0.05, 0.1) is 6.10 Å². The Balaban J connectivity index is 1.69. The maximum atomic E-state index is 9.23. The molecule has 0 aromatic heterocycles. The molecular formula is C12H24N2O. The molecule has 1 saturated carbocycles. The second kappa shape index (κ2) is 4.81. The Morgan fingerprint density at radius 3 is 2.40 bits per heavy atom. The molecule has 1 saturated heterocycles. The summed E-state index contributed by atoms with van der Waals surface area (Å²) < 4.78 is 0. The van der Waals surface area contributed by atoms with E-state index < -0.39 is 0 Å². The van der Waals surface area contributed by atoms with Crippen molar-refractivity contribution in [2.24, 2.45) is 5.92 Å². The zero-order chi connectivity index (χ0) is 10.8. The van der Waals surface area contributed by atoms with Gasteiger partial charge < -0.3 is 15.3 Å². The molecule has 1 atom stereocenters. The predicted molar refractivity (Wildman–Crippen MR) is 61.8 cm³/mol. The van der Waals surface area contributed by atoms with Crippen LogP contribution >= 0.6 is 0 Å². The highest BCUT2D eigenvalue weighted by Gasteiger charge is 2.30. The predicted octanol–water partition coefficient (Wildman–Crippen LogP) is 0.830. The highest BCUT2D eigenvalue weighted by Crippen LogP contribution is 2.24. The van der Waals surface area contributed by atoms with Crippen molar-refractivity contribution in [2.45, 2.75) is 50.8 Å². The molecule has 88 valence electrons. The van der Waals surface area contributed by atoms with E-state index in [0.29, 0.717) is 12.1 Å². The largest absolute Gasteiger partial charge is 0.393 e. The van der Waals surface area contributed by atoms with Crippen LogP contribution in [0.5, 0.6) is 0 Å². The molecule has 3 heteroatoms. The maximum Gasteiger partial charge on any atom is 0.0570 e. The lowest BCUT2D eigenvalue weighted by Crippen LogP contribution is -2.51. The van der Waals surface area contributed by atoms with Crippen molar-refractivity contribution in [3.8, 4) is 0 Å². The minimum absolute atomic E-state index is 0.0350. The number of rotatable bonds is 3. The fourth-order valence-corrected chi connectivity index (χ4v) is 2.76. The van der Waals surface area contributed by atoms with Crippen molar-refractivity contribution in [3.63, 3.8) is 0 Å². The molecule has 15 heavy (non-hydrogen) atoms. The van der Waals surface area contributed by atoms with Gasteiger partial charge in [-0.05, 0) is 58.7 Å². The van der Waals surface area contributed by atoms with E-state index in [4.69, 9.17) is 0 Å². The summed E-state index contributed by atoms with van der Waals surface area (Å²) in [6.07, 6.45) is 4.51. The Labute approximate surface area is 92.8 Å². The van der Waals surface area contributed by atoms with Gasteiger partial charge in [-0.25, -0.2) is 0 Å². The van der Waals surface area contributed by atoms with E-state index in [1.54, 1.807) is 0 Å². The smallest absolute Gasteiger partial charge is 0.0570 e. The van der Waals surface area contributed by atoms with Crippen molar-refractivity contribution in [1.82, 2.24) is 10.2 Å². The zero-order valence-electron chi connectivity index (χ0n) is 9.95. The summed E-state index contributed by atoms with van der Waals surface area (Å²) in [6.45, 7) is 4.79. The molecule has 2 rings (SSSR count). The van der Waals surface area contributed by atoms with Crippen molar-refractivity contribution >= 4 is 0 Å². The third kappa shape index (κ3) is 2.92. The summed E-state index contributed by atoms with van der Waals surface area (Å²) in [5.41, 5.74) is 0. The Kier molecular flexibility index (Phi) is 3.65. The van der Waals surface area contributed by atoms with Crippen molar-refractivity contribution in [1.29, 1.82) is 0 Å². The van der Waals surface area contributed by atoms with Crippen molar-refractivity contribution < 1.29 is 5.11 Å². The van der Waals surface area contributed by atoms with E-state index in [1.807, 2.05) is 0 Å². The molecule has 0 spiro atoms. The lowest BCUT2D eigenvalue weighted by molar-refractivity contribution is 0.0518. The number of hydrogen-bond acceptors (Lipinski definition) is 3. The number of likely N-dealkylation sites (tertiary alicyclic amines) is 1. The van der Waals surface area contributed by atoms with Crippen LogP contribution in [0.15, 0.2) is 0 Å². The minimum atomic E-state index is -0.0350. The molecule has 0 radical (unpaired) electrons. The monoisotopic (exact) mass is 212 g/mol. The van der Waals surface area contributed by atoms with Crippen LogP contribution in [0.25, 0.3) is 0 Å². The number of nitrogens with one attached hydrogen (secondary N) is 1. The number of nitrogens with zero attached hydrogens (tertiary/aromatic N) is 1. The normalized spacial score (nSPS) is 36.2. The topological polar surface area (TPSA) is 35.5 Å². The van der Waals surface area contributed by atoms with Crippen LogP contribution in [-0.2, 0) is 0 Å². The van der Waals surface area contributed by atoms with Crippen LogP contribution in [0.2, 0.25) is 0 Å². The van der Waals surface area contributed by atoms with Crippen molar-refractivity contribution in [2.75, 3.05) is 20.1 Å². The molecule has 0 aromatic carbocycles. The Morgan fingerprint density at radius 1 is 1.27 bits per heavy atom. The number of piperidine rings is 1. The first-order chi connectivity index (χ1) is 7.15. The first-order valence-corrected chi connectivity index (χ1v) is 6.28. The van der Waals surface area contributed by atoms with E-state index in [9.17, 15) is 5.11 Å². The zero-order valence-corrected chi connectivity index (χ0v) is 9.95. The molecule has 2 fully saturated rings. The molecule has 0 amide bonds. The molecular weight excluding hydrogens is 188 g/mol. The number of hydrogen-bond donors (Lipinski definition) is 2. The standard InChI is InChI=1S/C12H24N2O/c1-9(13-11-7-12(15)8-11)10-3-5-14(2)6-4-10/h9-13,15H,3-8H2,1-2H3. The van der Waals surface area contributed by atoms with Gasteiger partial charge in [0.15, 0.2) is 0 Å². The van der Waals surface area contributed by atoms with Gasteiger partial charge in [-0.1, -0.05) is 0 Å². The first kappa shape index (κ1) is 11.4. The third-order valence-corrected chi connectivity index (χ3v) is 4.08. The molecule has 2 aliphatic rings. The van der Waals surface area contributed by atoms with Crippen LogP contribution in [-0.4, -0.2) is 48.3 Å². The Bertz CT molecular complexity index is 196. The van der Waals surface area contributed by atoms with Crippen LogP contribution in [0.1, 0.15) is 32.6 Å². The fraction of sp³-hybridized carbons (Fsp3) is 1.00. The molecule has 2 N–H and O–H groups in total. The lowest BCUT2D eigenvalue weighted by Gasteiger charge is -2.39. The van der Waals surface area contributed by atoms with Gasteiger partial charge in [0, 0.05) is 12.1 Å². The quantitative estimate of drug-likeness (QED) is 0.727. The summed E-state index contributed by atoms with van der Waals surface area (Å²) >= 11 is 0. The maximum absolute atomic E-state index is 9.23. The van der Waals surface area contributed by atoms with E-state index in [1.165, 1.54) is 25.9 Å². The van der Waals surface area contributed by atoms with Crippen LogP contribution < -0.4 is 5.32 Å². The highest BCUT2D eigenvalue weighted by atomic mass is 16.3. The number of aliphatic hydroxyl groups is 1. The lowest BCUT2D eigenvalue weighted by atomic mass is 9.85. The van der Waals surface area contributed by atoms with Gasteiger partial charge in [-0.15, -0.1) is 0 Å². The van der Waals surface area contributed by atoms with Gasteiger partial charge in [-0.2, -0.15) is 0 Å². The van der Waals surface area contributed by atoms with E-state index in [-0.39, 0.29) is 6.10 Å². The first-order valence-electron chi connectivity index (χ1n) is 6.28. The van der Waals surface area contributed by atoms with Gasteiger partial charge in [0.25, 0.3) is 0 Å². The molecule has 1 unspecified atom stereocenters. The van der Waals surface area contributed by atoms with Gasteiger partial charge in [-0.3, -0.25) is 0 Å². The number of aliphatic hydroxyl groups excluding tert-OH is 1. The van der Waals surface area contributed by atoms with E-state index >= 15 is 0 Å². The average molecular weight is 212 g/mol. The molecule has 3 nitrogen and oxygen atoms in total. The van der Waals surface area contributed by atoms with Gasteiger partial charge in [0.1, 0.15) is 0 Å². The molecule has 1 aliphatic carbocycles. The van der Waals surface area contributed by atoms with E-state index in [2.05, 4.69) is 24.2 Å². The molecule has 0 bridgehead atoms. The van der Waals surface area contributed by atoms with E-state index in [0.717, 1.165) is 18.8 Å². The molecule has 1 heterocycles. The fourth-order valence-electron chi connectivity index (χ4n) is 2.76. The summed E-state index contributed by atoms with van der Waals surface area (Å²) in [5, 5.41) is 12.9. The SMILES string of the molecule is CC(NC1CC(O)C1)C1CCN(C)CC1. The third-order valence-electron chi connectivity index (χ3n) is 4.08. The second-order valence-corrected chi connectivity index (χ2v) is 5.42. The van der Waals surface area contributed by atoms with Crippen LogP contribution in [0.4, 0.5) is 0 Å². The Hall–Kier alpha value is -0.120. The second-order valence-electron chi connectivity index (χ2n) is 5.42. The molecule has 0 aromatic rings. The Morgan fingerprint density at radius 2 is 1.87 bits per heavy atom. The summed E-state index contributed by atoms with van der Waals surface area (Å²) in [4.78, 5) is 2.41. The minimum Gasteiger partial charge on any atom is -0.393 e. The highest BCUT2D eigenvalue weighted by molar-refractivity contribution is 4.88. The van der Waals surface area contributed by atoms with Crippen LogP contribution in [0, 0.1) is 5.92 Å². The van der Waals surface area contributed by atoms with Crippen molar-refractivity contribution in [3.05, 3.63) is 0 Å². The summed E-state index contributed by atoms with van der Waals surface area (Å²) in [7, 11) is 2.20. The van der Waals surface area contributed by atoms with Crippen LogP contribution in [0.3, 0.4) is 0 Å².